The molecular weight excluding hydrogens is 396 g/mol. The lowest BCUT2D eigenvalue weighted by molar-refractivity contribution is 0.0697. The van der Waals surface area contributed by atoms with Gasteiger partial charge in [0.15, 0.2) is 11.5 Å². The molecule has 154 valence electrons. The van der Waals surface area contributed by atoms with Crippen molar-refractivity contribution in [2.45, 2.75) is 6.92 Å². The third-order valence-corrected chi connectivity index (χ3v) is 5.01. The Balaban J connectivity index is 1.44. The third-order valence-electron chi connectivity index (χ3n) is 5.01. The van der Waals surface area contributed by atoms with Crippen LogP contribution >= 0.6 is 0 Å². The van der Waals surface area contributed by atoms with E-state index in [1.807, 2.05) is 54.9 Å². The van der Waals surface area contributed by atoms with Crippen LogP contribution in [0.4, 0.5) is 11.5 Å². The summed E-state index contributed by atoms with van der Waals surface area (Å²) >= 11 is 0. The van der Waals surface area contributed by atoms with E-state index in [2.05, 4.69) is 20.4 Å². The minimum absolute atomic E-state index is 0.0258. The average Bonchev–Trinajstić information content (AvgIpc) is 3.37. The molecule has 0 bridgehead atoms. The highest BCUT2D eigenvalue weighted by atomic mass is 16.5. The largest absolute Gasteiger partial charge is 0.477 e. The van der Waals surface area contributed by atoms with Crippen molar-refractivity contribution in [3.05, 3.63) is 72.3 Å². The fourth-order valence-electron chi connectivity index (χ4n) is 3.43. The van der Waals surface area contributed by atoms with Crippen molar-refractivity contribution >= 4 is 34.2 Å². The van der Waals surface area contributed by atoms with Crippen molar-refractivity contribution in [1.29, 1.82) is 0 Å². The number of carbonyl (C=O) groups is 1. The van der Waals surface area contributed by atoms with Gasteiger partial charge in [-0.25, -0.2) is 14.8 Å². The molecule has 0 atom stereocenters. The predicted octanol–water partition coefficient (Wildman–Crippen LogP) is 4.16. The minimum atomic E-state index is -1.09. The lowest BCUT2D eigenvalue weighted by Crippen LogP contribution is -2.09. The molecule has 0 aliphatic carbocycles. The summed E-state index contributed by atoms with van der Waals surface area (Å²) in [4.78, 5) is 20.1. The summed E-state index contributed by atoms with van der Waals surface area (Å²) < 4.78 is 9.47. The maximum atomic E-state index is 11.6. The molecule has 3 heterocycles. The molecule has 5 rings (SSSR count). The van der Waals surface area contributed by atoms with E-state index in [1.165, 1.54) is 10.7 Å². The smallest absolute Gasteiger partial charge is 0.341 e. The Morgan fingerprint density at radius 1 is 1.13 bits per heavy atom. The average molecular weight is 414 g/mol. The summed E-state index contributed by atoms with van der Waals surface area (Å²) in [5.74, 6) is 0.624. The molecule has 0 amide bonds. The third kappa shape index (κ3) is 3.31. The number of benzene rings is 2. The van der Waals surface area contributed by atoms with Gasteiger partial charge in [-0.1, -0.05) is 0 Å². The van der Waals surface area contributed by atoms with Crippen LogP contribution in [-0.2, 0) is 7.05 Å². The van der Waals surface area contributed by atoms with Gasteiger partial charge < -0.3 is 19.7 Å². The molecule has 0 radical (unpaired) electrons. The maximum Gasteiger partial charge on any atom is 0.341 e. The van der Waals surface area contributed by atoms with Gasteiger partial charge in [0.25, 0.3) is 0 Å². The fraction of sp³-hybridized carbons (Fsp3) is 0.0909. The van der Waals surface area contributed by atoms with Gasteiger partial charge in [0.05, 0.1) is 23.6 Å². The van der Waals surface area contributed by atoms with Gasteiger partial charge >= 0.3 is 5.97 Å². The highest BCUT2D eigenvalue weighted by Gasteiger charge is 2.16. The summed E-state index contributed by atoms with van der Waals surface area (Å²) in [6.07, 6.45) is 4.65. The number of fused-ring (bicyclic) bond motifs is 2. The molecule has 0 fully saturated rings. The standard InChI is InChI=1S/C22H18N6O3/c1-13-9-14(26-21-16(22(29)30)11-23-20-7-8-25-28(20)21)3-6-19(13)31-15-4-5-18-17(10-15)24-12-27(18)2/h3-12,26H,1-2H3,(H,29,30). The molecule has 0 aliphatic heterocycles. The minimum Gasteiger partial charge on any atom is -0.477 e. The van der Waals surface area contributed by atoms with Crippen molar-refractivity contribution in [2.75, 3.05) is 5.32 Å². The zero-order chi connectivity index (χ0) is 21.5. The van der Waals surface area contributed by atoms with Crippen LogP contribution < -0.4 is 10.1 Å². The molecule has 0 aliphatic rings. The SMILES string of the molecule is Cc1cc(Nc2c(C(=O)O)cnc3ccnn23)ccc1Oc1ccc2c(c1)ncn2C. The molecule has 0 saturated carbocycles. The van der Waals surface area contributed by atoms with Crippen LogP contribution in [0, 0.1) is 6.92 Å². The normalized spacial score (nSPS) is 11.2. The molecule has 9 heteroatoms. The quantitative estimate of drug-likeness (QED) is 0.445. The monoisotopic (exact) mass is 414 g/mol. The number of carboxylic acids is 1. The van der Waals surface area contributed by atoms with Gasteiger partial charge in [-0.15, -0.1) is 0 Å². The van der Waals surface area contributed by atoms with Gasteiger partial charge in [0.1, 0.15) is 17.1 Å². The van der Waals surface area contributed by atoms with E-state index in [0.717, 1.165) is 16.6 Å². The molecule has 0 unspecified atom stereocenters. The summed E-state index contributed by atoms with van der Waals surface area (Å²) in [5.41, 5.74) is 4.05. The highest BCUT2D eigenvalue weighted by molar-refractivity contribution is 5.94. The molecular formula is C22H18N6O3. The number of nitrogens with zero attached hydrogens (tertiary/aromatic N) is 5. The fourth-order valence-corrected chi connectivity index (χ4v) is 3.43. The Bertz CT molecular complexity index is 1450. The van der Waals surface area contributed by atoms with E-state index in [-0.39, 0.29) is 5.56 Å². The first kappa shape index (κ1) is 18.6. The van der Waals surface area contributed by atoms with Gasteiger partial charge in [0.2, 0.25) is 0 Å². The second-order valence-electron chi connectivity index (χ2n) is 7.14. The van der Waals surface area contributed by atoms with Crippen LogP contribution in [0.2, 0.25) is 0 Å². The van der Waals surface area contributed by atoms with Gasteiger partial charge in [-0.2, -0.15) is 9.61 Å². The van der Waals surface area contributed by atoms with Gasteiger partial charge in [0, 0.05) is 31.1 Å². The molecule has 0 spiro atoms. The lowest BCUT2D eigenvalue weighted by atomic mass is 10.2. The molecule has 9 nitrogen and oxygen atoms in total. The van der Waals surface area contributed by atoms with Crippen molar-refractivity contribution < 1.29 is 14.6 Å². The zero-order valence-electron chi connectivity index (χ0n) is 16.8. The van der Waals surface area contributed by atoms with E-state index in [0.29, 0.717) is 28.7 Å². The topological polar surface area (TPSA) is 107 Å². The first-order chi connectivity index (χ1) is 15.0. The molecule has 5 aromatic rings. The van der Waals surface area contributed by atoms with E-state index in [4.69, 9.17) is 4.74 Å². The predicted molar refractivity (Wildman–Crippen MR) is 115 cm³/mol. The van der Waals surface area contributed by atoms with E-state index >= 15 is 0 Å². The van der Waals surface area contributed by atoms with Crippen molar-refractivity contribution in [3.8, 4) is 11.5 Å². The molecule has 0 saturated heterocycles. The number of hydrogen-bond donors (Lipinski definition) is 2. The highest BCUT2D eigenvalue weighted by Crippen LogP contribution is 2.30. The first-order valence-corrected chi connectivity index (χ1v) is 9.52. The van der Waals surface area contributed by atoms with Crippen LogP contribution in [-0.4, -0.2) is 35.2 Å². The van der Waals surface area contributed by atoms with Gasteiger partial charge in [-0.3, -0.25) is 0 Å². The number of nitrogens with one attached hydrogen (secondary N) is 1. The Labute approximate surface area is 176 Å². The van der Waals surface area contributed by atoms with Crippen LogP contribution in [0.15, 0.2) is 61.2 Å². The second kappa shape index (κ2) is 7.13. The van der Waals surface area contributed by atoms with E-state index in [9.17, 15) is 9.90 Å². The van der Waals surface area contributed by atoms with Crippen LogP contribution in [0.25, 0.3) is 16.7 Å². The molecule has 2 N–H and O–H groups in total. The number of hydrogen-bond acceptors (Lipinski definition) is 6. The Morgan fingerprint density at radius 2 is 2.00 bits per heavy atom. The Kier molecular flexibility index (Phi) is 4.28. The zero-order valence-corrected chi connectivity index (χ0v) is 16.8. The van der Waals surface area contributed by atoms with Crippen LogP contribution in [0.3, 0.4) is 0 Å². The molecule has 3 aromatic heterocycles. The summed E-state index contributed by atoms with van der Waals surface area (Å²) in [7, 11) is 1.95. The first-order valence-electron chi connectivity index (χ1n) is 9.52. The number of rotatable bonds is 5. The number of anilines is 2. The summed E-state index contributed by atoms with van der Waals surface area (Å²) in [6.45, 7) is 1.92. The second-order valence-corrected chi connectivity index (χ2v) is 7.14. The van der Waals surface area contributed by atoms with E-state index < -0.39 is 5.97 Å². The number of aryl methyl sites for hydroxylation is 2. The lowest BCUT2D eigenvalue weighted by Gasteiger charge is -2.14. The van der Waals surface area contributed by atoms with Crippen LogP contribution in [0.5, 0.6) is 11.5 Å². The summed E-state index contributed by atoms with van der Waals surface area (Å²) in [6, 6.07) is 13.0. The number of imidazole rings is 1. The number of ether oxygens (including phenoxy) is 1. The Morgan fingerprint density at radius 3 is 2.81 bits per heavy atom. The molecule has 31 heavy (non-hydrogen) atoms. The Hall–Kier alpha value is -4.40. The number of aromatic carboxylic acids is 1. The van der Waals surface area contributed by atoms with Crippen molar-refractivity contribution in [3.63, 3.8) is 0 Å². The molecule has 2 aromatic carbocycles. The van der Waals surface area contributed by atoms with Crippen molar-refractivity contribution in [2.24, 2.45) is 7.05 Å². The van der Waals surface area contributed by atoms with Crippen LogP contribution in [0.1, 0.15) is 15.9 Å². The maximum absolute atomic E-state index is 11.6. The summed E-state index contributed by atoms with van der Waals surface area (Å²) in [5, 5.41) is 16.9. The van der Waals surface area contributed by atoms with E-state index in [1.54, 1.807) is 18.6 Å². The van der Waals surface area contributed by atoms with Crippen molar-refractivity contribution in [1.82, 2.24) is 24.1 Å². The van der Waals surface area contributed by atoms with Gasteiger partial charge in [-0.05, 0) is 42.8 Å². The number of aromatic nitrogens is 5. The number of carboxylic acid groups (broad SMARTS) is 1.